The summed E-state index contributed by atoms with van der Waals surface area (Å²) in [6, 6.07) is 14.9. The molecular weight excluding hydrogens is 502 g/mol. The van der Waals surface area contributed by atoms with Crippen molar-refractivity contribution in [3.05, 3.63) is 72.0 Å². The van der Waals surface area contributed by atoms with Gasteiger partial charge >= 0.3 is 6.18 Å². The summed E-state index contributed by atoms with van der Waals surface area (Å²) in [5, 5.41) is 0. The molecule has 4 aromatic rings. The summed E-state index contributed by atoms with van der Waals surface area (Å²) in [5.41, 5.74) is 1.42. The highest BCUT2D eigenvalue weighted by Crippen LogP contribution is 2.36. The lowest BCUT2D eigenvalue weighted by molar-refractivity contribution is -0.137. The molecule has 0 aliphatic heterocycles. The van der Waals surface area contributed by atoms with Gasteiger partial charge < -0.3 is 14.2 Å². The fourth-order valence-electron chi connectivity index (χ4n) is 3.94. The molecule has 0 fully saturated rings. The van der Waals surface area contributed by atoms with E-state index in [1.165, 1.54) is 24.3 Å². The standard InChI is InChI=1S/C28H29F4N3OS/c1-4-5-12-35-24-17-21(29)18-25(37-14-13-34(2)3)26(24)33-27(35)19-8-6-10-22(15-19)36-23-11-7-9-20(16-23)28(30,31)32/h6-11,15-18H,4-5,12-14H2,1-3H3. The SMILES string of the molecule is CCCCn1c(-c2cccc(Oc3cccc(C(F)(F)F)c3)c2)nc2c(SCCN(C)C)cc(F)cc21. The first-order chi connectivity index (χ1) is 17.7. The van der Waals surface area contributed by atoms with Crippen molar-refractivity contribution in [1.29, 1.82) is 0 Å². The average Bonchev–Trinajstić information content (AvgIpc) is 3.20. The molecule has 0 N–H and O–H groups in total. The van der Waals surface area contributed by atoms with Crippen LogP contribution in [-0.2, 0) is 12.7 Å². The minimum absolute atomic E-state index is 0.0908. The molecule has 0 radical (unpaired) electrons. The second-order valence-corrected chi connectivity index (χ2v) is 10.2. The van der Waals surface area contributed by atoms with E-state index >= 15 is 0 Å². The van der Waals surface area contributed by atoms with Crippen LogP contribution in [0.15, 0.2) is 65.6 Å². The molecule has 4 nitrogen and oxygen atoms in total. The molecule has 0 aliphatic carbocycles. The number of fused-ring (bicyclic) bond motifs is 1. The van der Waals surface area contributed by atoms with Crippen LogP contribution in [0.25, 0.3) is 22.4 Å². The van der Waals surface area contributed by atoms with Gasteiger partial charge in [0.1, 0.15) is 28.7 Å². The van der Waals surface area contributed by atoms with Crippen LogP contribution in [-0.4, -0.2) is 40.8 Å². The number of rotatable bonds is 10. The number of benzene rings is 3. The fraction of sp³-hybridized carbons (Fsp3) is 0.321. The van der Waals surface area contributed by atoms with E-state index in [-0.39, 0.29) is 11.6 Å². The van der Waals surface area contributed by atoms with Crippen molar-refractivity contribution in [3.8, 4) is 22.9 Å². The smallest absolute Gasteiger partial charge is 0.416 e. The summed E-state index contributed by atoms with van der Waals surface area (Å²) in [6.07, 6.45) is -2.61. The second-order valence-electron chi connectivity index (χ2n) is 9.02. The Morgan fingerprint density at radius 3 is 2.43 bits per heavy atom. The highest BCUT2D eigenvalue weighted by Gasteiger charge is 2.30. The van der Waals surface area contributed by atoms with Gasteiger partial charge in [0.25, 0.3) is 0 Å². The molecule has 0 unspecified atom stereocenters. The predicted octanol–water partition coefficient (Wildman–Crippen LogP) is 8.11. The molecule has 0 saturated carbocycles. The summed E-state index contributed by atoms with van der Waals surface area (Å²) >= 11 is 1.57. The van der Waals surface area contributed by atoms with Crippen molar-refractivity contribution in [2.45, 2.75) is 37.4 Å². The number of unbranched alkanes of at least 4 members (excludes halogenated alkanes) is 1. The number of ether oxygens (including phenoxy) is 1. The van der Waals surface area contributed by atoms with Crippen LogP contribution in [0.1, 0.15) is 25.3 Å². The van der Waals surface area contributed by atoms with Gasteiger partial charge in [-0.05, 0) is 63.0 Å². The van der Waals surface area contributed by atoms with E-state index in [1.807, 2.05) is 24.7 Å². The van der Waals surface area contributed by atoms with Crippen molar-refractivity contribution in [3.63, 3.8) is 0 Å². The predicted molar refractivity (Wildman–Crippen MR) is 141 cm³/mol. The monoisotopic (exact) mass is 531 g/mol. The minimum atomic E-state index is -4.46. The molecule has 37 heavy (non-hydrogen) atoms. The van der Waals surface area contributed by atoms with Crippen molar-refractivity contribution >= 4 is 22.8 Å². The van der Waals surface area contributed by atoms with Gasteiger partial charge in [0.05, 0.1) is 11.1 Å². The summed E-state index contributed by atoms with van der Waals surface area (Å²) < 4.78 is 61.8. The Morgan fingerprint density at radius 2 is 1.73 bits per heavy atom. The number of thioether (sulfide) groups is 1. The van der Waals surface area contributed by atoms with Gasteiger partial charge in [-0.1, -0.05) is 31.5 Å². The molecule has 0 bridgehead atoms. The van der Waals surface area contributed by atoms with E-state index in [0.29, 0.717) is 18.1 Å². The van der Waals surface area contributed by atoms with Gasteiger partial charge in [-0.3, -0.25) is 0 Å². The molecule has 0 saturated heterocycles. The van der Waals surface area contributed by atoms with Crippen LogP contribution in [0.2, 0.25) is 0 Å². The summed E-state index contributed by atoms with van der Waals surface area (Å²) in [5.74, 6) is 1.62. The largest absolute Gasteiger partial charge is 0.457 e. The van der Waals surface area contributed by atoms with Crippen LogP contribution in [0.4, 0.5) is 17.6 Å². The average molecular weight is 532 g/mol. The topological polar surface area (TPSA) is 30.3 Å². The zero-order valence-electron chi connectivity index (χ0n) is 21.0. The highest BCUT2D eigenvalue weighted by atomic mass is 32.2. The van der Waals surface area contributed by atoms with E-state index in [9.17, 15) is 17.6 Å². The maximum atomic E-state index is 14.7. The Bertz CT molecular complexity index is 1370. The third-order valence-electron chi connectivity index (χ3n) is 5.80. The Hall–Kier alpha value is -3.04. The van der Waals surface area contributed by atoms with Gasteiger partial charge in [0, 0.05) is 29.3 Å². The summed E-state index contributed by atoms with van der Waals surface area (Å²) in [7, 11) is 3.99. The van der Waals surface area contributed by atoms with E-state index in [4.69, 9.17) is 9.72 Å². The Balaban J connectivity index is 1.73. The molecular formula is C28H29F4N3OS. The number of hydrogen-bond donors (Lipinski definition) is 0. The first kappa shape index (κ1) is 27.0. The zero-order chi connectivity index (χ0) is 26.6. The number of alkyl halides is 3. The van der Waals surface area contributed by atoms with Crippen molar-refractivity contribution in [2.24, 2.45) is 0 Å². The minimum Gasteiger partial charge on any atom is -0.457 e. The van der Waals surface area contributed by atoms with Gasteiger partial charge in [-0.25, -0.2) is 9.37 Å². The second kappa shape index (κ2) is 11.6. The van der Waals surface area contributed by atoms with Crippen molar-refractivity contribution < 1.29 is 22.3 Å². The quantitative estimate of drug-likeness (QED) is 0.153. The number of hydrogen-bond acceptors (Lipinski definition) is 4. The maximum Gasteiger partial charge on any atom is 0.416 e. The number of halogens is 4. The normalized spacial score (nSPS) is 12.0. The number of aryl methyl sites for hydroxylation is 1. The lowest BCUT2D eigenvalue weighted by atomic mass is 10.2. The van der Waals surface area contributed by atoms with Crippen molar-refractivity contribution in [2.75, 3.05) is 26.4 Å². The maximum absolute atomic E-state index is 14.7. The highest BCUT2D eigenvalue weighted by molar-refractivity contribution is 7.99. The first-order valence-electron chi connectivity index (χ1n) is 12.1. The lowest BCUT2D eigenvalue weighted by Gasteiger charge is -2.12. The van der Waals surface area contributed by atoms with E-state index in [2.05, 4.69) is 11.8 Å². The van der Waals surface area contributed by atoms with E-state index < -0.39 is 11.7 Å². The molecule has 1 heterocycles. The number of aromatic nitrogens is 2. The molecule has 0 aliphatic rings. The van der Waals surface area contributed by atoms with E-state index in [0.717, 1.165) is 58.8 Å². The molecule has 3 aromatic carbocycles. The third kappa shape index (κ3) is 6.64. The summed E-state index contributed by atoms with van der Waals surface area (Å²) in [6.45, 7) is 3.60. The Kier molecular flexibility index (Phi) is 8.44. The number of nitrogens with zero attached hydrogens (tertiary/aromatic N) is 3. The van der Waals surface area contributed by atoms with E-state index in [1.54, 1.807) is 30.0 Å². The van der Waals surface area contributed by atoms with Crippen LogP contribution in [0.5, 0.6) is 11.5 Å². The fourth-order valence-corrected chi connectivity index (χ4v) is 5.10. The van der Waals surface area contributed by atoms with Gasteiger partial charge in [-0.15, -0.1) is 11.8 Å². The molecule has 0 atom stereocenters. The molecule has 4 rings (SSSR count). The van der Waals surface area contributed by atoms with Gasteiger partial charge in [0.15, 0.2) is 0 Å². The van der Waals surface area contributed by atoms with Gasteiger partial charge in [0.2, 0.25) is 0 Å². The number of imidazole rings is 1. The molecule has 0 spiro atoms. The van der Waals surface area contributed by atoms with Crippen LogP contribution in [0.3, 0.4) is 0 Å². The zero-order valence-corrected chi connectivity index (χ0v) is 21.8. The van der Waals surface area contributed by atoms with Crippen LogP contribution in [0, 0.1) is 5.82 Å². The Labute approximate surface area is 218 Å². The lowest BCUT2D eigenvalue weighted by Crippen LogP contribution is -2.14. The molecule has 196 valence electrons. The molecule has 9 heteroatoms. The third-order valence-corrected chi connectivity index (χ3v) is 6.81. The van der Waals surface area contributed by atoms with Gasteiger partial charge in [-0.2, -0.15) is 13.2 Å². The van der Waals surface area contributed by atoms with Crippen molar-refractivity contribution in [1.82, 2.24) is 14.5 Å². The Morgan fingerprint density at radius 1 is 1.00 bits per heavy atom. The molecule has 1 aromatic heterocycles. The van der Waals surface area contributed by atoms with Crippen LogP contribution >= 0.6 is 11.8 Å². The summed E-state index contributed by atoms with van der Waals surface area (Å²) in [4.78, 5) is 7.78. The van der Waals surface area contributed by atoms with Crippen LogP contribution < -0.4 is 4.74 Å². The first-order valence-corrected chi connectivity index (χ1v) is 13.1. The molecule has 0 amide bonds.